The van der Waals surface area contributed by atoms with Gasteiger partial charge in [0.2, 0.25) is 5.91 Å². The Morgan fingerprint density at radius 2 is 2.00 bits per heavy atom. The van der Waals surface area contributed by atoms with Gasteiger partial charge in [-0.1, -0.05) is 19.1 Å². The smallest absolute Gasteiger partial charge is 0.221 e. The monoisotopic (exact) mass is 165 g/mol. The Balaban J connectivity index is 0.00000144. The van der Waals surface area contributed by atoms with Crippen LogP contribution in [-0.4, -0.2) is 5.91 Å². The van der Waals surface area contributed by atoms with Crippen molar-refractivity contribution in [3.63, 3.8) is 0 Å². The lowest BCUT2D eigenvalue weighted by Gasteiger charge is -2.01. The van der Waals surface area contributed by atoms with Crippen molar-refractivity contribution in [1.82, 2.24) is 0 Å². The fourth-order valence-corrected chi connectivity index (χ4v) is 1.03. The second-order valence-electron chi connectivity index (χ2n) is 2.73. The van der Waals surface area contributed by atoms with Gasteiger partial charge in [0.05, 0.1) is 0 Å². The minimum atomic E-state index is -0.0285. The van der Waals surface area contributed by atoms with Gasteiger partial charge in [0, 0.05) is 14.0 Å². The van der Waals surface area contributed by atoms with E-state index in [1.165, 1.54) is 12.5 Å². The number of anilines is 1. The number of nitrogens with one attached hydrogen (secondary N) is 1. The summed E-state index contributed by atoms with van der Waals surface area (Å²) in [7, 11) is 0. The number of hydrogen-bond donors (Lipinski definition) is 1. The highest BCUT2D eigenvalue weighted by atomic mass is 16.1. The largest absolute Gasteiger partial charge is 0.326 e. The Labute approximate surface area is 74.1 Å². The molecule has 66 valence electrons. The zero-order chi connectivity index (χ0) is 8.97. The number of carbonyl (C=O) groups excluding carboxylic acids is 1. The zero-order valence-corrected chi connectivity index (χ0v) is 7.42. The number of carbonyl (C=O) groups is 1. The summed E-state index contributed by atoms with van der Waals surface area (Å²) in [5, 5.41) is 2.72. The molecule has 12 heavy (non-hydrogen) atoms. The van der Waals surface area contributed by atoms with Gasteiger partial charge >= 0.3 is 0 Å². The molecule has 0 aliphatic heterocycles. The number of rotatable bonds is 2. The lowest BCUT2D eigenvalue weighted by atomic mass is 10.1. The summed E-state index contributed by atoms with van der Waals surface area (Å²) in [6.45, 7) is 3.61. The van der Waals surface area contributed by atoms with Crippen molar-refractivity contribution < 1.29 is 6.22 Å². The predicted molar refractivity (Wildman–Crippen MR) is 52.2 cm³/mol. The summed E-state index contributed by atoms with van der Waals surface area (Å²) in [6, 6.07) is 7.87. The molecule has 0 unspecified atom stereocenters. The normalized spacial score (nSPS) is 9.50. The molecule has 0 aliphatic carbocycles. The average molecular weight is 165 g/mol. The lowest BCUT2D eigenvalue weighted by molar-refractivity contribution is -0.114. The highest BCUT2D eigenvalue weighted by Crippen LogP contribution is 2.09. The van der Waals surface area contributed by atoms with Gasteiger partial charge in [-0.05, 0) is 24.1 Å². The van der Waals surface area contributed by atoms with Crippen molar-refractivity contribution in [2.45, 2.75) is 20.3 Å². The van der Waals surface area contributed by atoms with Gasteiger partial charge in [0.1, 0.15) is 0 Å². The van der Waals surface area contributed by atoms with Gasteiger partial charge in [-0.2, -0.15) is 0 Å². The maximum absolute atomic E-state index is 10.7. The molecule has 1 N–H and O–H groups in total. The summed E-state index contributed by atoms with van der Waals surface area (Å²) in [5.74, 6) is -0.0285. The molecule has 0 aliphatic rings. The summed E-state index contributed by atoms with van der Waals surface area (Å²) in [5.41, 5.74) is 2.14. The average Bonchev–Trinajstić information content (AvgIpc) is 2.05. The van der Waals surface area contributed by atoms with Crippen molar-refractivity contribution in [2.75, 3.05) is 5.32 Å². The van der Waals surface area contributed by atoms with E-state index in [1.807, 2.05) is 24.3 Å². The number of hydrogen-bond acceptors (Lipinski definition) is 1. The Kier molecular flexibility index (Phi) is 2.86. The third kappa shape index (κ3) is 2.38. The van der Waals surface area contributed by atoms with Gasteiger partial charge in [-0.15, -0.1) is 0 Å². The van der Waals surface area contributed by atoms with Crippen molar-refractivity contribution in [3.05, 3.63) is 29.8 Å². The van der Waals surface area contributed by atoms with E-state index in [0.29, 0.717) is 0 Å². The lowest BCUT2D eigenvalue weighted by Crippen LogP contribution is -2.05. The van der Waals surface area contributed by atoms with E-state index in [0.717, 1.165) is 12.1 Å². The van der Waals surface area contributed by atoms with Crippen LogP contribution >= 0.6 is 0 Å². The maximum Gasteiger partial charge on any atom is 0.221 e. The van der Waals surface area contributed by atoms with Crippen molar-refractivity contribution in [2.24, 2.45) is 0 Å². The molecule has 0 saturated heterocycles. The Morgan fingerprint density at radius 3 is 2.42 bits per heavy atom. The SMILES string of the molecule is CCc1ccc(NC(C)=O)cc1.[HH]. The quantitative estimate of drug-likeness (QED) is 0.716. The number of amides is 1. The van der Waals surface area contributed by atoms with Crippen LogP contribution < -0.4 is 5.32 Å². The third-order valence-electron chi connectivity index (χ3n) is 1.68. The first-order valence-electron chi connectivity index (χ1n) is 4.09. The molecule has 0 heterocycles. The van der Waals surface area contributed by atoms with Crippen LogP contribution in [0.3, 0.4) is 0 Å². The second kappa shape index (κ2) is 3.90. The molecule has 0 fully saturated rings. The molecule has 0 spiro atoms. The fourth-order valence-electron chi connectivity index (χ4n) is 1.03. The Morgan fingerprint density at radius 1 is 1.42 bits per heavy atom. The molecule has 1 amide bonds. The van der Waals surface area contributed by atoms with Crippen LogP contribution in [0.2, 0.25) is 0 Å². The standard InChI is InChI=1S/C10H13NO.H2/c1-3-9-4-6-10(7-5-9)11-8(2)12;/h4-7H,3H2,1-2H3,(H,11,12);1H. The number of aryl methyl sites for hydroxylation is 1. The molecule has 0 saturated carbocycles. The first kappa shape index (κ1) is 8.78. The summed E-state index contributed by atoms with van der Waals surface area (Å²) in [4.78, 5) is 10.7. The Bertz CT molecular complexity index is 269. The van der Waals surface area contributed by atoms with Crippen LogP contribution in [0.15, 0.2) is 24.3 Å². The van der Waals surface area contributed by atoms with Crippen molar-refractivity contribution >= 4 is 11.6 Å². The van der Waals surface area contributed by atoms with E-state index in [-0.39, 0.29) is 7.33 Å². The van der Waals surface area contributed by atoms with Crippen LogP contribution in [0.25, 0.3) is 0 Å². The highest BCUT2D eigenvalue weighted by molar-refractivity contribution is 5.88. The van der Waals surface area contributed by atoms with Crippen LogP contribution in [0, 0.1) is 0 Å². The highest BCUT2D eigenvalue weighted by Gasteiger charge is 1.93. The first-order chi connectivity index (χ1) is 5.72. The topological polar surface area (TPSA) is 29.1 Å². The van der Waals surface area contributed by atoms with Gasteiger partial charge < -0.3 is 5.32 Å². The summed E-state index contributed by atoms with van der Waals surface area (Å²) < 4.78 is 0. The molecule has 0 atom stereocenters. The van der Waals surface area contributed by atoms with Crippen molar-refractivity contribution in [1.29, 1.82) is 0 Å². The minimum absolute atomic E-state index is 0. The molecule has 2 heteroatoms. The maximum atomic E-state index is 10.7. The zero-order valence-electron chi connectivity index (χ0n) is 7.42. The van der Waals surface area contributed by atoms with E-state index in [4.69, 9.17) is 0 Å². The summed E-state index contributed by atoms with van der Waals surface area (Å²) >= 11 is 0. The van der Waals surface area contributed by atoms with E-state index in [1.54, 1.807) is 0 Å². The van der Waals surface area contributed by atoms with E-state index >= 15 is 0 Å². The molecule has 2 nitrogen and oxygen atoms in total. The van der Waals surface area contributed by atoms with Crippen LogP contribution in [0.4, 0.5) is 5.69 Å². The van der Waals surface area contributed by atoms with E-state index in [2.05, 4.69) is 12.2 Å². The second-order valence-corrected chi connectivity index (χ2v) is 2.73. The molecule has 0 bridgehead atoms. The molecule has 1 aromatic rings. The molecule has 1 aromatic carbocycles. The molecule has 1 rings (SSSR count). The first-order valence-corrected chi connectivity index (χ1v) is 4.09. The predicted octanol–water partition coefficient (Wildman–Crippen LogP) is 2.45. The third-order valence-corrected chi connectivity index (χ3v) is 1.68. The fraction of sp³-hybridized carbons (Fsp3) is 0.300. The molecule has 0 radical (unpaired) electrons. The van der Waals surface area contributed by atoms with Gasteiger partial charge in [0.25, 0.3) is 0 Å². The van der Waals surface area contributed by atoms with Crippen LogP contribution in [-0.2, 0) is 11.2 Å². The molecular weight excluding hydrogens is 150 g/mol. The van der Waals surface area contributed by atoms with Gasteiger partial charge in [-0.3, -0.25) is 4.79 Å². The van der Waals surface area contributed by atoms with Crippen LogP contribution in [0.5, 0.6) is 0 Å². The van der Waals surface area contributed by atoms with E-state index in [9.17, 15) is 4.79 Å². The van der Waals surface area contributed by atoms with Gasteiger partial charge in [0.15, 0.2) is 0 Å². The van der Waals surface area contributed by atoms with Crippen molar-refractivity contribution in [3.8, 4) is 0 Å². The summed E-state index contributed by atoms with van der Waals surface area (Å²) in [6.07, 6.45) is 1.03. The van der Waals surface area contributed by atoms with E-state index < -0.39 is 0 Å². The Hall–Kier alpha value is -1.31. The van der Waals surface area contributed by atoms with Crippen LogP contribution in [0.1, 0.15) is 20.8 Å². The molecule has 0 aromatic heterocycles. The molecular formula is C10H15NO. The van der Waals surface area contributed by atoms with Gasteiger partial charge in [-0.25, -0.2) is 0 Å². The minimum Gasteiger partial charge on any atom is -0.326 e. The number of benzene rings is 1.